The SMILES string of the molecule is COc1ccc(NC(C)C2CCOC2)cc1. The van der Waals surface area contributed by atoms with Crippen LogP contribution < -0.4 is 10.1 Å². The van der Waals surface area contributed by atoms with Crippen molar-refractivity contribution in [3.63, 3.8) is 0 Å². The maximum atomic E-state index is 5.39. The second-order valence-electron chi connectivity index (χ2n) is 4.29. The van der Waals surface area contributed by atoms with Gasteiger partial charge in [-0.3, -0.25) is 0 Å². The van der Waals surface area contributed by atoms with Crippen molar-refractivity contribution in [3.8, 4) is 5.75 Å². The number of hydrogen-bond acceptors (Lipinski definition) is 3. The fourth-order valence-electron chi connectivity index (χ4n) is 2.02. The number of hydrogen-bond donors (Lipinski definition) is 1. The molecule has 0 aliphatic carbocycles. The molecule has 3 heteroatoms. The minimum atomic E-state index is 0.455. The number of ether oxygens (including phenoxy) is 2. The quantitative estimate of drug-likeness (QED) is 0.847. The molecule has 2 atom stereocenters. The van der Waals surface area contributed by atoms with Gasteiger partial charge in [0.15, 0.2) is 0 Å². The summed E-state index contributed by atoms with van der Waals surface area (Å²) in [5.74, 6) is 1.52. The first-order chi connectivity index (χ1) is 7.79. The van der Waals surface area contributed by atoms with E-state index in [2.05, 4.69) is 12.2 Å². The van der Waals surface area contributed by atoms with Crippen LogP contribution in [0.1, 0.15) is 13.3 Å². The summed E-state index contributed by atoms with van der Waals surface area (Å²) < 4.78 is 10.5. The lowest BCUT2D eigenvalue weighted by atomic mass is 10.0. The molecule has 0 saturated carbocycles. The standard InChI is InChI=1S/C13H19NO2/c1-10(11-7-8-16-9-11)14-12-3-5-13(15-2)6-4-12/h3-6,10-11,14H,7-9H2,1-2H3. The smallest absolute Gasteiger partial charge is 0.119 e. The van der Waals surface area contributed by atoms with Crippen molar-refractivity contribution in [1.29, 1.82) is 0 Å². The lowest BCUT2D eigenvalue weighted by Gasteiger charge is -2.20. The zero-order valence-corrected chi connectivity index (χ0v) is 9.90. The monoisotopic (exact) mass is 221 g/mol. The van der Waals surface area contributed by atoms with Gasteiger partial charge in [0, 0.05) is 24.3 Å². The molecule has 88 valence electrons. The molecule has 1 aromatic rings. The Kier molecular flexibility index (Phi) is 3.67. The second-order valence-corrected chi connectivity index (χ2v) is 4.29. The largest absolute Gasteiger partial charge is 0.497 e. The minimum Gasteiger partial charge on any atom is -0.497 e. The summed E-state index contributed by atoms with van der Waals surface area (Å²) in [6.45, 7) is 3.99. The summed E-state index contributed by atoms with van der Waals surface area (Å²) in [5.41, 5.74) is 1.14. The first kappa shape index (κ1) is 11.3. The second kappa shape index (κ2) is 5.21. The Morgan fingerprint density at radius 3 is 2.69 bits per heavy atom. The zero-order valence-electron chi connectivity index (χ0n) is 9.90. The molecule has 0 radical (unpaired) electrons. The third-order valence-corrected chi connectivity index (χ3v) is 3.16. The topological polar surface area (TPSA) is 30.5 Å². The van der Waals surface area contributed by atoms with Crippen molar-refractivity contribution < 1.29 is 9.47 Å². The van der Waals surface area contributed by atoms with E-state index in [4.69, 9.17) is 9.47 Å². The molecule has 0 aromatic heterocycles. The van der Waals surface area contributed by atoms with E-state index >= 15 is 0 Å². The van der Waals surface area contributed by atoms with E-state index < -0.39 is 0 Å². The van der Waals surface area contributed by atoms with E-state index in [1.807, 2.05) is 24.3 Å². The minimum absolute atomic E-state index is 0.455. The van der Waals surface area contributed by atoms with Crippen LogP contribution in [0.2, 0.25) is 0 Å². The van der Waals surface area contributed by atoms with E-state index in [-0.39, 0.29) is 0 Å². The van der Waals surface area contributed by atoms with Gasteiger partial charge < -0.3 is 14.8 Å². The van der Waals surface area contributed by atoms with Gasteiger partial charge in [-0.05, 0) is 37.6 Å². The molecular formula is C13H19NO2. The van der Waals surface area contributed by atoms with E-state index in [9.17, 15) is 0 Å². The highest BCUT2D eigenvalue weighted by atomic mass is 16.5. The highest BCUT2D eigenvalue weighted by Gasteiger charge is 2.21. The van der Waals surface area contributed by atoms with Crippen molar-refractivity contribution in [1.82, 2.24) is 0 Å². The molecule has 1 heterocycles. The lowest BCUT2D eigenvalue weighted by molar-refractivity contribution is 0.183. The van der Waals surface area contributed by atoms with Crippen LogP contribution in [0.4, 0.5) is 5.69 Å². The number of methoxy groups -OCH3 is 1. The Labute approximate surface area is 96.8 Å². The number of rotatable bonds is 4. The maximum Gasteiger partial charge on any atom is 0.119 e. The maximum absolute atomic E-state index is 5.39. The first-order valence-corrected chi connectivity index (χ1v) is 5.78. The van der Waals surface area contributed by atoms with Crippen LogP contribution in [0.15, 0.2) is 24.3 Å². The fraction of sp³-hybridized carbons (Fsp3) is 0.538. The predicted octanol–water partition coefficient (Wildman–Crippen LogP) is 2.53. The molecule has 1 aromatic carbocycles. The van der Waals surface area contributed by atoms with Gasteiger partial charge in [0.25, 0.3) is 0 Å². The van der Waals surface area contributed by atoms with Gasteiger partial charge in [-0.15, -0.1) is 0 Å². The van der Waals surface area contributed by atoms with Crippen LogP contribution in [0, 0.1) is 5.92 Å². The number of benzene rings is 1. The molecule has 0 amide bonds. The van der Waals surface area contributed by atoms with Crippen molar-refractivity contribution >= 4 is 5.69 Å². The summed E-state index contributed by atoms with van der Waals surface area (Å²) in [7, 11) is 1.68. The highest BCUT2D eigenvalue weighted by molar-refractivity contribution is 5.47. The average molecular weight is 221 g/mol. The van der Waals surface area contributed by atoms with E-state index in [1.165, 1.54) is 0 Å². The molecule has 2 unspecified atom stereocenters. The van der Waals surface area contributed by atoms with Crippen LogP contribution in [0.3, 0.4) is 0 Å². The van der Waals surface area contributed by atoms with Gasteiger partial charge in [0.05, 0.1) is 13.7 Å². The molecule has 16 heavy (non-hydrogen) atoms. The number of nitrogens with one attached hydrogen (secondary N) is 1. The Balaban J connectivity index is 1.92. The van der Waals surface area contributed by atoms with E-state index in [0.717, 1.165) is 31.1 Å². The van der Waals surface area contributed by atoms with Crippen molar-refractivity contribution in [2.45, 2.75) is 19.4 Å². The van der Waals surface area contributed by atoms with Gasteiger partial charge in [-0.25, -0.2) is 0 Å². The molecule has 0 bridgehead atoms. The predicted molar refractivity (Wildman–Crippen MR) is 65.0 cm³/mol. The molecule has 2 rings (SSSR count). The van der Waals surface area contributed by atoms with Gasteiger partial charge in [-0.2, -0.15) is 0 Å². The summed E-state index contributed by atoms with van der Waals surface area (Å²) in [6.07, 6.45) is 1.16. The molecular weight excluding hydrogens is 202 g/mol. The van der Waals surface area contributed by atoms with Gasteiger partial charge in [-0.1, -0.05) is 0 Å². The van der Waals surface area contributed by atoms with Crippen LogP contribution in [0.5, 0.6) is 5.75 Å². The Morgan fingerprint density at radius 1 is 1.38 bits per heavy atom. The third-order valence-electron chi connectivity index (χ3n) is 3.16. The summed E-state index contributed by atoms with van der Waals surface area (Å²) in [6, 6.07) is 8.49. The van der Waals surface area contributed by atoms with Crippen molar-refractivity contribution in [2.75, 3.05) is 25.6 Å². The van der Waals surface area contributed by atoms with Gasteiger partial charge in [0.2, 0.25) is 0 Å². The summed E-state index contributed by atoms with van der Waals surface area (Å²) in [5, 5.41) is 3.50. The molecule has 3 nitrogen and oxygen atoms in total. The highest BCUT2D eigenvalue weighted by Crippen LogP contribution is 2.21. The molecule has 1 fully saturated rings. The van der Waals surface area contributed by atoms with Crippen LogP contribution in [0.25, 0.3) is 0 Å². The van der Waals surface area contributed by atoms with Crippen molar-refractivity contribution in [3.05, 3.63) is 24.3 Å². The normalized spacial score (nSPS) is 21.8. The Morgan fingerprint density at radius 2 is 2.12 bits per heavy atom. The van der Waals surface area contributed by atoms with Crippen LogP contribution in [-0.4, -0.2) is 26.4 Å². The van der Waals surface area contributed by atoms with Crippen LogP contribution in [-0.2, 0) is 4.74 Å². The van der Waals surface area contributed by atoms with E-state index in [0.29, 0.717) is 12.0 Å². The third kappa shape index (κ3) is 2.67. The van der Waals surface area contributed by atoms with Crippen molar-refractivity contribution in [2.24, 2.45) is 5.92 Å². The zero-order chi connectivity index (χ0) is 11.4. The Bertz CT molecular complexity index is 317. The fourth-order valence-corrected chi connectivity index (χ4v) is 2.02. The Hall–Kier alpha value is -1.22. The number of anilines is 1. The average Bonchev–Trinajstić information content (AvgIpc) is 2.83. The molecule has 1 aliphatic heterocycles. The lowest BCUT2D eigenvalue weighted by Crippen LogP contribution is -2.25. The first-order valence-electron chi connectivity index (χ1n) is 5.78. The summed E-state index contributed by atoms with van der Waals surface area (Å²) >= 11 is 0. The van der Waals surface area contributed by atoms with E-state index in [1.54, 1.807) is 7.11 Å². The van der Waals surface area contributed by atoms with Gasteiger partial charge in [0.1, 0.15) is 5.75 Å². The van der Waals surface area contributed by atoms with Crippen LogP contribution >= 0.6 is 0 Å². The molecule has 0 spiro atoms. The summed E-state index contributed by atoms with van der Waals surface area (Å²) in [4.78, 5) is 0. The molecule has 1 N–H and O–H groups in total. The molecule has 1 aliphatic rings. The molecule has 1 saturated heterocycles. The van der Waals surface area contributed by atoms with Gasteiger partial charge >= 0.3 is 0 Å².